The van der Waals surface area contributed by atoms with Gasteiger partial charge in [0.15, 0.2) is 0 Å². The normalized spacial score (nSPS) is 20.0. The molecule has 7 nitrogen and oxygen atoms in total. The fourth-order valence-electron chi connectivity index (χ4n) is 3.72. The Balaban J connectivity index is 2.07. The number of rotatable bonds is 7. The van der Waals surface area contributed by atoms with Gasteiger partial charge in [-0.15, -0.1) is 11.3 Å². The summed E-state index contributed by atoms with van der Waals surface area (Å²) in [5.74, 6) is -0.356. The Kier molecular flexibility index (Phi) is 6.94. The van der Waals surface area contributed by atoms with Gasteiger partial charge >= 0.3 is 5.97 Å². The van der Waals surface area contributed by atoms with Crippen molar-refractivity contribution in [3.8, 4) is 5.75 Å². The van der Waals surface area contributed by atoms with E-state index in [9.17, 15) is 13.2 Å². The summed E-state index contributed by atoms with van der Waals surface area (Å²) in [4.78, 5) is 14.0. The number of fused-ring (bicyclic) bond motifs is 1. The molecule has 0 aliphatic carbocycles. The number of benzene rings is 1. The second-order valence-electron chi connectivity index (χ2n) is 6.70. The first-order chi connectivity index (χ1) is 13.9. The third kappa shape index (κ3) is 4.32. The summed E-state index contributed by atoms with van der Waals surface area (Å²) in [7, 11) is 0.463. The van der Waals surface area contributed by atoms with Gasteiger partial charge < -0.3 is 14.2 Å². The molecule has 0 radical (unpaired) electrons. The molecule has 0 saturated carbocycles. The summed E-state index contributed by atoms with van der Waals surface area (Å²) in [6.45, 7) is 0.606. The van der Waals surface area contributed by atoms with Crippen LogP contribution in [-0.4, -0.2) is 59.2 Å². The number of sulfonamides is 1. The van der Waals surface area contributed by atoms with E-state index in [1.807, 2.05) is 11.4 Å². The van der Waals surface area contributed by atoms with Gasteiger partial charge in [0.05, 0.1) is 19.1 Å². The highest BCUT2D eigenvalue weighted by atomic mass is 32.2. The Bertz CT molecular complexity index is 938. The Morgan fingerprint density at radius 1 is 1.17 bits per heavy atom. The molecule has 0 N–H and O–H groups in total. The van der Waals surface area contributed by atoms with E-state index in [-0.39, 0.29) is 17.4 Å². The van der Waals surface area contributed by atoms with E-state index in [0.29, 0.717) is 25.2 Å². The third-order valence-electron chi connectivity index (χ3n) is 5.17. The number of nitrogens with zero attached hydrogens (tertiary/aromatic N) is 1. The van der Waals surface area contributed by atoms with Crippen molar-refractivity contribution >= 4 is 27.3 Å². The van der Waals surface area contributed by atoms with E-state index in [1.165, 1.54) is 30.7 Å². The van der Waals surface area contributed by atoms with Crippen LogP contribution in [-0.2, 0) is 30.7 Å². The first-order valence-corrected chi connectivity index (χ1v) is 11.5. The number of esters is 1. The van der Waals surface area contributed by atoms with Crippen LogP contribution >= 0.6 is 11.3 Å². The van der Waals surface area contributed by atoms with Crippen LogP contribution in [0.5, 0.6) is 5.75 Å². The largest absolute Gasteiger partial charge is 0.497 e. The van der Waals surface area contributed by atoms with Crippen molar-refractivity contribution in [1.29, 1.82) is 0 Å². The van der Waals surface area contributed by atoms with E-state index in [0.717, 1.165) is 10.4 Å². The zero-order valence-electron chi connectivity index (χ0n) is 16.7. The summed E-state index contributed by atoms with van der Waals surface area (Å²) in [5.41, 5.74) is 0.995. The second-order valence-corrected chi connectivity index (χ2v) is 9.59. The molecule has 0 amide bonds. The maximum absolute atomic E-state index is 13.5. The summed E-state index contributed by atoms with van der Waals surface area (Å²) < 4.78 is 43.7. The molecular formula is C20H25NO6S2. The summed E-state index contributed by atoms with van der Waals surface area (Å²) in [6, 6.07) is 7.19. The topological polar surface area (TPSA) is 82.1 Å². The average molecular weight is 440 g/mol. The van der Waals surface area contributed by atoms with Crippen LogP contribution in [0.1, 0.15) is 22.8 Å². The first-order valence-electron chi connectivity index (χ1n) is 9.23. The van der Waals surface area contributed by atoms with Crippen molar-refractivity contribution in [2.24, 2.45) is 0 Å². The Labute approximate surface area is 175 Å². The molecule has 1 aliphatic heterocycles. The minimum atomic E-state index is -3.93. The van der Waals surface area contributed by atoms with Gasteiger partial charge in [0, 0.05) is 31.1 Å². The third-order valence-corrected chi connectivity index (χ3v) is 8.06. The monoisotopic (exact) mass is 439 g/mol. The summed E-state index contributed by atoms with van der Waals surface area (Å²) >= 11 is 1.58. The van der Waals surface area contributed by atoms with Crippen LogP contribution in [0.4, 0.5) is 0 Å². The smallest absolute Gasteiger partial charge is 0.324 e. The van der Waals surface area contributed by atoms with Gasteiger partial charge in [0.2, 0.25) is 10.0 Å². The predicted molar refractivity (Wildman–Crippen MR) is 110 cm³/mol. The van der Waals surface area contributed by atoms with E-state index in [2.05, 4.69) is 0 Å². The quantitative estimate of drug-likeness (QED) is 0.617. The highest BCUT2D eigenvalue weighted by Crippen LogP contribution is 2.38. The number of hydrogen-bond donors (Lipinski definition) is 0. The molecule has 0 unspecified atom stereocenters. The molecule has 2 heterocycles. The molecule has 0 fully saturated rings. The fraction of sp³-hybridized carbons (Fsp3) is 0.450. The van der Waals surface area contributed by atoms with E-state index in [1.54, 1.807) is 30.6 Å². The SMILES string of the molecule is COCC[C@@H]1c2ccsc2CCN(S(=O)(=O)c2ccc(OC)cc2)[C@@H]1C(=O)OC. The molecule has 2 aromatic rings. The Morgan fingerprint density at radius 3 is 2.52 bits per heavy atom. The van der Waals surface area contributed by atoms with Crippen LogP contribution in [0.3, 0.4) is 0 Å². The van der Waals surface area contributed by atoms with Crippen LogP contribution < -0.4 is 4.74 Å². The van der Waals surface area contributed by atoms with Crippen LogP contribution in [0.2, 0.25) is 0 Å². The van der Waals surface area contributed by atoms with E-state index >= 15 is 0 Å². The van der Waals surface area contributed by atoms with E-state index in [4.69, 9.17) is 14.2 Å². The maximum atomic E-state index is 13.5. The number of carbonyl (C=O) groups excluding carboxylic acids is 1. The molecule has 2 atom stereocenters. The summed E-state index contributed by atoms with van der Waals surface area (Å²) in [6.07, 6.45) is 1.05. The molecule has 158 valence electrons. The average Bonchev–Trinajstić information content (AvgIpc) is 3.14. The lowest BCUT2D eigenvalue weighted by Crippen LogP contribution is -2.48. The zero-order chi connectivity index (χ0) is 21.0. The number of thiophene rings is 1. The Morgan fingerprint density at radius 2 is 1.90 bits per heavy atom. The van der Waals surface area contributed by atoms with Crippen molar-refractivity contribution in [3.63, 3.8) is 0 Å². The van der Waals surface area contributed by atoms with Gasteiger partial charge in [-0.25, -0.2) is 8.42 Å². The lowest BCUT2D eigenvalue weighted by atomic mass is 9.89. The molecule has 0 spiro atoms. The first kappa shape index (κ1) is 21.8. The predicted octanol–water partition coefficient (Wildman–Crippen LogP) is 2.67. The lowest BCUT2D eigenvalue weighted by molar-refractivity contribution is -0.146. The lowest BCUT2D eigenvalue weighted by Gasteiger charge is -2.32. The minimum Gasteiger partial charge on any atom is -0.497 e. The van der Waals surface area contributed by atoms with Gasteiger partial charge in [0.25, 0.3) is 0 Å². The van der Waals surface area contributed by atoms with Crippen LogP contribution in [0, 0.1) is 0 Å². The molecule has 29 heavy (non-hydrogen) atoms. The van der Waals surface area contributed by atoms with Gasteiger partial charge in [-0.05, 0) is 54.1 Å². The molecule has 3 rings (SSSR count). The van der Waals surface area contributed by atoms with Gasteiger partial charge in [-0.3, -0.25) is 4.79 Å². The molecule has 0 saturated heterocycles. The Hall–Kier alpha value is -1.94. The van der Waals surface area contributed by atoms with Crippen LogP contribution in [0.25, 0.3) is 0 Å². The molecule has 1 aromatic carbocycles. The molecule has 1 aliphatic rings. The van der Waals surface area contributed by atoms with E-state index < -0.39 is 22.0 Å². The van der Waals surface area contributed by atoms with Crippen molar-refractivity contribution in [2.75, 3.05) is 34.5 Å². The van der Waals surface area contributed by atoms with Gasteiger partial charge in [-0.1, -0.05) is 0 Å². The van der Waals surface area contributed by atoms with Crippen molar-refractivity contribution < 1.29 is 27.4 Å². The number of ether oxygens (including phenoxy) is 3. The minimum absolute atomic E-state index is 0.114. The highest BCUT2D eigenvalue weighted by molar-refractivity contribution is 7.89. The fourth-order valence-corrected chi connectivity index (χ4v) is 6.28. The second kappa shape index (κ2) is 9.25. The molecule has 0 bridgehead atoms. The molecular weight excluding hydrogens is 414 g/mol. The number of hydrogen-bond acceptors (Lipinski definition) is 7. The highest BCUT2D eigenvalue weighted by Gasteiger charge is 2.44. The van der Waals surface area contributed by atoms with Crippen LogP contribution in [0.15, 0.2) is 40.6 Å². The van der Waals surface area contributed by atoms with Gasteiger partial charge in [-0.2, -0.15) is 4.31 Å². The zero-order valence-corrected chi connectivity index (χ0v) is 18.3. The van der Waals surface area contributed by atoms with Gasteiger partial charge in [0.1, 0.15) is 11.8 Å². The summed E-state index contributed by atoms with van der Waals surface area (Å²) in [5, 5.41) is 1.98. The number of carbonyl (C=O) groups is 1. The molecule has 1 aromatic heterocycles. The maximum Gasteiger partial charge on any atom is 0.324 e. The standard InChI is InChI=1S/C20H25NO6S2/c1-25-12-9-17-16-10-13-28-18(16)8-11-21(19(17)20(22)27-3)29(23,24)15-6-4-14(26-2)5-7-15/h4-7,10,13,17,19H,8-9,11-12H2,1-3H3/t17-,19+/m1/s1. The van der Waals surface area contributed by atoms with Crippen molar-refractivity contribution in [2.45, 2.75) is 29.7 Å². The van der Waals surface area contributed by atoms with Crippen molar-refractivity contribution in [1.82, 2.24) is 4.31 Å². The number of methoxy groups -OCH3 is 3. The van der Waals surface area contributed by atoms with Crippen molar-refractivity contribution in [3.05, 3.63) is 46.2 Å². The molecule has 9 heteroatoms.